The summed E-state index contributed by atoms with van der Waals surface area (Å²) >= 11 is 0. The van der Waals surface area contributed by atoms with Gasteiger partial charge in [-0.15, -0.1) is 0 Å². The number of rotatable bonds is 24. The molecule has 4 aromatic carbocycles. The monoisotopic (exact) mass is 1020 g/mol. The second-order valence-corrected chi connectivity index (χ2v) is 32.4. The lowest BCUT2D eigenvalue weighted by atomic mass is 10.1. The lowest BCUT2D eigenvalue weighted by Gasteiger charge is -2.28. The number of nitrogens with one attached hydrogen (secondary N) is 2. The van der Waals surface area contributed by atoms with Gasteiger partial charge in [0.1, 0.15) is 35.3 Å². The Labute approximate surface area is 428 Å². The van der Waals surface area contributed by atoms with Gasteiger partial charge in [0, 0.05) is 71.6 Å². The van der Waals surface area contributed by atoms with Crippen LogP contribution in [0.5, 0.6) is 23.0 Å². The van der Waals surface area contributed by atoms with Crippen molar-refractivity contribution in [2.24, 2.45) is 21.5 Å². The van der Waals surface area contributed by atoms with Gasteiger partial charge in [0.25, 0.3) is 0 Å². The highest BCUT2D eigenvalue weighted by Crippen LogP contribution is 2.31. The molecule has 0 saturated carbocycles. The van der Waals surface area contributed by atoms with Gasteiger partial charge in [0.15, 0.2) is 6.23 Å². The van der Waals surface area contributed by atoms with Crippen LogP contribution in [0.25, 0.3) is 0 Å². The first-order chi connectivity index (χ1) is 34.1. The Morgan fingerprint density at radius 1 is 0.750 bits per heavy atom. The van der Waals surface area contributed by atoms with Crippen LogP contribution in [-0.4, -0.2) is 95.4 Å². The fraction of sp³-hybridized carbons (Fsp3) is 0.407. The van der Waals surface area contributed by atoms with E-state index in [1.807, 2.05) is 81.4 Å². The predicted octanol–water partition coefficient (Wildman–Crippen LogP) is 10.8. The van der Waals surface area contributed by atoms with Gasteiger partial charge in [-0.1, -0.05) is 39.3 Å². The number of aliphatic imine (C=N–C) groups is 2. The molecule has 72 heavy (non-hydrogen) atoms. The molecule has 16 nitrogen and oxygen atoms in total. The van der Waals surface area contributed by atoms with Crippen molar-refractivity contribution in [2.75, 3.05) is 55.1 Å². The zero-order valence-corrected chi connectivity index (χ0v) is 45.6. The van der Waals surface area contributed by atoms with E-state index in [-0.39, 0.29) is 25.1 Å². The molecule has 0 spiro atoms. The van der Waals surface area contributed by atoms with Crippen LogP contribution in [0.15, 0.2) is 119 Å². The maximum Gasteiger partial charge on any atom is 0.410 e. The third kappa shape index (κ3) is 19.2. The van der Waals surface area contributed by atoms with Crippen molar-refractivity contribution in [2.45, 2.75) is 109 Å². The summed E-state index contributed by atoms with van der Waals surface area (Å²) in [6.45, 7) is 21.7. The topological polar surface area (TPSA) is 236 Å². The minimum Gasteiger partial charge on any atom is -0.457 e. The number of amides is 2. The number of ether oxygens (including phenoxy) is 5. The van der Waals surface area contributed by atoms with Crippen LogP contribution in [0.2, 0.25) is 51.4 Å². The van der Waals surface area contributed by atoms with Crippen molar-refractivity contribution in [3.63, 3.8) is 0 Å². The zero-order chi connectivity index (χ0) is 52.5. The molecular formula is C54H77N9O7Si2. The fourth-order valence-electron chi connectivity index (χ4n) is 7.34. The summed E-state index contributed by atoms with van der Waals surface area (Å²) in [4.78, 5) is 37.1. The van der Waals surface area contributed by atoms with Crippen molar-refractivity contribution >= 4 is 62.3 Å². The summed E-state index contributed by atoms with van der Waals surface area (Å²) in [5.74, 6) is 2.03. The lowest BCUT2D eigenvalue weighted by molar-refractivity contribution is -0.117. The largest absolute Gasteiger partial charge is 0.457 e. The van der Waals surface area contributed by atoms with Gasteiger partial charge in [0.05, 0.1) is 40.7 Å². The molecule has 0 aliphatic carbocycles. The van der Waals surface area contributed by atoms with E-state index in [1.54, 1.807) is 41.3 Å². The molecule has 1 aliphatic rings. The van der Waals surface area contributed by atoms with Crippen molar-refractivity contribution in [3.05, 3.63) is 121 Å². The Hall–Kier alpha value is -6.61. The molecule has 388 valence electrons. The molecule has 1 fully saturated rings. The molecule has 1 saturated heterocycles. The highest BCUT2D eigenvalue weighted by Gasteiger charge is 2.33. The third-order valence-electron chi connectivity index (χ3n) is 11.3. The summed E-state index contributed by atoms with van der Waals surface area (Å²) < 4.78 is 30.2. The number of nitrogens with two attached hydrogens (primary N) is 4. The number of carbonyl (C=O) groups excluding carboxylic acids is 2. The van der Waals surface area contributed by atoms with Gasteiger partial charge in [-0.2, -0.15) is 0 Å². The summed E-state index contributed by atoms with van der Waals surface area (Å²) in [6, 6.07) is 27.4. The van der Waals surface area contributed by atoms with Crippen molar-refractivity contribution < 1.29 is 33.3 Å². The van der Waals surface area contributed by atoms with Gasteiger partial charge >= 0.3 is 6.09 Å². The highest BCUT2D eigenvalue weighted by molar-refractivity contribution is 6.76. The summed E-state index contributed by atoms with van der Waals surface area (Å²) in [6.07, 6.45) is 7.06. The lowest BCUT2D eigenvalue weighted by Crippen LogP contribution is -2.41. The van der Waals surface area contributed by atoms with E-state index >= 15 is 0 Å². The minimum absolute atomic E-state index is 0.133. The second kappa shape index (κ2) is 26.2. The van der Waals surface area contributed by atoms with Gasteiger partial charge in [0.2, 0.25) is 5.91 Å². The van der Waals surface area contributed by atoms with E-state index in [0.717, 1.165) is 41.8 Å². The van der Waals surface area contributed by atoms with Gasteiger partial charge in [-0.05, 0) is 143 Å². The van der Waals surface area contributed by atoms with Crippen LogP contribution in [0, 0.1) is 0 Å². The molecule has 1 aliphatic heterocycles. The standard InChI is InChI=1S/C54H77N9O7Si2/c1-54(2,3)70-53(65)63-28-10-11-40(63)33-51(64)61-49-23-21-43(34-46(49)58)68-41-18-14-39(15-19-41)48(25-27-56)62-52(67-30-32-72(7,8)9)36-59-50-35-44(20-22-45(50)57)69-42-16-12-38(13-17-42)47(24-26-55)60-37-66-29-31-71(4,5)6/h12-27,34-35,40,52,59H,10-11,28-33,36-37,55-58H2,1-9H3,(H,61,64)/b26-24-,27-25-,60-47-,62-48-/t40-,52?/m0/s1. The van der Waals surface area contributed by atoms with E-state index < -0.39 is 34.1 Å². The van der Waals surface area contributed by atoms with Crippen LogP contribution in [0.1, 0.15) is 51.2 Å². The van der Waals surface area contributed by atoms with Gasteiger partial charge in [-0.3, -0.25) is 14.8 Å². The summed E-state index contributed by atoms with van der Waals surface area (Å²) in [7, 11) is -2.62. The maximum absolute atomic E-state index is 13.1. The van der Waals surface area contributed by atoms with Gasteiger partial charge in [-0.25, -0.2) is 4.79 Å². The Morgan fingerprint density at radius 3 is 1.92 bits per heavy atom. The number of carbonyl (C=O) groups is 2. The Bertz CT molecular complexity index is 2530. The molecule has 10 N–H and O–H groups in total. The first-order valence-corrected chi connectivity index (χ1v) is 32.0. The van der Waals surface area contributed by atoms with Crippen LogP contribution < -0.4 is 43.0 Å². The predicted molar refractivity (Wildman–Crippen MR) is 299 cm³/mol. The second-order valence-electron chi connectivity index (χ2n) is 21.1. The normalized spacial score (nSPS) is 15.2. The highest BCUT2D eigenvalue weighted by atomic mass is 28.3. The number of likely N-dealkylation sites (tertiary alicyclic amines) is 1. The number of hydrogen-bond donors (Lipinski definition) is 6. The van der Waals surface area contributed by atoms with E-state index in [2.05, 4.69) is 54.9 Å². The molecule has 0 aromatic heterocycles. The molecule has 1 unspecified atom stereocenters. The molecule has 1 heterocycles. The van der Waals surface area contributed by atoms with E-state index in [0.29, 0.717) is 77.8 Å². The fourth-order valence-corrected chi connectivity index (χ4v) is 8.83. The number of nitrogens with zero attached hydrogens (tertiary/aromatic N) is 3. The van der Waals surface area contributed by atoms with Crippen molar-refractivity contribution in [3.8, 4) is 23.0 Å². The summed E-state index contributed by atoms with van der Waals surface area (Å²) in [5.41, 5.74) is 28.9. The maximum atomic E-state index is 13.1. The molecule has 2 amide bonds. The molecule has 4 aromatic rings. The van der Waals surface area contributed by atoms with Crippen molar-refractivity contribution in [1.29, 1.82) is 0 Å². The number of hydrogen-bond acceptors (Lipinski definition) is 14. The molecule has 2 atom stereocenters. The third-order valence-corrected chi connectivity index (χ3v) is 14.7. The Kier molecular flexibility index (Phi) is 20.5. The Balaban J connectivity index is 1.23. The summed E-state index contributed by atoms with van der Waals surface area (Å²) in [5, 5.41) is 6.34. The van der Waals surface area contributed by atoms with Crippen LogP contribution in [0.4, 0.5) is 27.5 Å². The number of anilines is 4. The van der Waals surface area contributed by atoms with Crippen LogP contribution in [-0.2, 0) is 19.0 Å². The molecule has 18 heteroatoms. The van der Waals surface area contributed by atoms with E-state index in [4.69, 9.17) is 51.6 Å². The van der Waals surface area contributed by atoms with Crippen LogP contribution in [0.3, 0.4) is 0 Å². The first-order valence-electron chi connectivity index (χ1n) is 24.6. The van der Waals surface area contributed by atoms with E-state index in [1.165, 1.54) is 12.4 Å². The molecular weight excluding hydrogens is 943 g/mol. The van der Waals surface area contributed by atoms with Crippen molar-refractivity contribution in [1.82, 2.24) is 4.90 Å². The smallest absolute Gasteiger partial charge is 0.410 e. The molecule has 5 rings (SSSR count). The van der Waals surface area contributed by atoms with Crippen LogP contribution >= 0.6 is 0 Å². The minimum atomic E-state index is -1.43. The zero-order valence-electron chi connectivity index (χ0n) is 43.6. The number of allylic oxidation sites excluding steroid dienone is 2. The van der Waals surface area contributed by atoms with E-state index in [9.17, 15) is 9.59 Å². The average molecular weight is 1020 g/mol. The Morgan fingerprint density at radius 2 is 1.32 bits per heavy atom. The quantitative estimate of drug-likeness (QED) is 0.0166. The SMILES string of the molecule is CC(C)(C)OC(=O)N1CCC[C@H]1CC(=O)Nc1ccc(Oc2ccc(C(/C=C\N)=N\C(CNc3cc(Oc4ccc(C(/C=C\N)=N\COCC[Si](C)(C)C)cc4)ccc3N)OCC[Si](C)(C)C)cc2)cc1N. The average Bonchev–Trinajstić information content (AvgIpc) is 3.76. The molecule has 0 radical (unpaired) electrons. The number of benzene rings is 4. The van der Waals surface area contributed by atoms with Gasteiger partial charge < -0.3 is 62.2 Å². The molecule has 0 bridgehead atoms. The number of nitrogen functional groups attached to an aromatic ring is 2. The first kappa shape index (κ1) is 56.3.